The van der Waals surface area contributed by atoms with Gasteiger partial charge in [-0.1, -0.05) is 35.9 Å². The van der Waals surface area contributed by atoms with Crippen LogP contribution in [-0.2, 0) is 26.6 Å². The highest BCUT2D eigenvalue weighted by molar-refractivity contribution is 6.36. The summed E-state index contributed by atoms with van der Waals surface area (Å²) in [6, 6.07) is 17.0. The molecule has 1 saturated heterocycles. The van der Waals surface area contributed by atoms with Gasteiger partial charge in [-0.05, 0) is 54.9 Å². The van der Waals surface area contributed by atoms with Crippen LogP contribution in [0.25, 0.3) is 33.7 Å². The molecule has 2 N–H and O–H groups in total. The number of fused-ring (bicyclic) bond motifs is 2. The third kappa shape index (κ3) is 5.68. The average molecular weight is 654 g/mol. The van der Waals surface area contributed by atoms with Crippen LogP contribution in [0.15, 0.2) is 52.9 Å². The Kier molecular flexibility index (Phi) is 8.06. The van der Waals surface area contributed by atoms with E-state index in [2.05, 4.69) is 21.3 Å². The van der Waals surface area contributed by atoms with Crippen LogP contribution in [0.4, 0.5) is 10.1 Å². The average Bonchev–Trinajstić information content (AvgIpc) is 3.72. The molecule has 1 amide bonds. The molecule has 47 heavy (non-hydrogen) atoms. The predicted molar refractivity (Wildman–Crippen MR) is 177 cm³/mol. The van der Waals surface area contributed by atoms with Gasteiger partial charge in [0.15, 0.2) is 11.4 Å². The Hall–Kier alpha value is -4.60. The first-order valence-corrected chi connectivity index (χ1v) is 15.8. The molecule has 12 heteroatoms. The van der Waals surface area contributed by atoms with Crippen LogP contribution in [0.3, 0.4) is 0 Å². The highest BCUT2D eigenvalue weighted by Gasteiger charge is 2.31. The molecule has 3 aromatic carbocycles. The molecular weight excluding hydrogens is 621 g/mol. The fourth-order valence-electron chi connectivity index (χ4n) is 6.63. The number of oxazole rings is 1. The molecule has 0 unspecified atom stereocenters. The van der Waals surface area contributed by atoms with Gasteiger partial charge in [0, 0.05) is 63.0 Å². The number of alkyl halides is 1. The molecule has 10 nitrogen and oxygen atoms in total. The number of rotatable bonds is 6. The number of carbonyl (C=O) groups is 1. The molecule has 1 fully saturated rings. The van der Waals surface area contributed by atoms with Crippen LogP contribution in [0, 0.1) is 18.3 Å². The van der Waals surface area contributed by atoms with E-state index in [-0.39, 0.29) is 19.0 Å². The van der Waals surface area contributed by atoms with Crippen molar-refractivity contribution in [3.8, 4) is 28.7 Å². The number of imidazole rings is 1. The van der Waals surface area contributed by atoms with Gasteiger partial charge in [-0.2, -0.15) is 5.26 Å². The fraction of sp³-hybridized carbons (Fsp3) is 0.314. The van der Waals surface area contributed by atoms with Crippen LogP contribution in [0.1, 0.15) is 38.7 Å². The van der Waals surface area contributed by atoms with E-state index in [0.717, 1.165) is 52.2 Å². The van der Waals surface area contributed by atoms with Crippen molar-refractivity contribution in [1.82, 2.24) is 24.3 Å². The SMILES string of the molecule is Cc1c(-c2nc3cc(CN4C[C@@H](O)[C@H](F)C4)cc(C#N)c3o2)cccc1-c1cccc(NC(=O)c2nc3c(n2C)CCN(C)C3)c1Cl. The van der Waals surface area contributed by atoms with E-state index >= 15 is 0 Å². The van der Waals surface area contributed by atoms with Crippen molar-refractivity contribution < 1.29 is 18.7 Å². The zero-order chi connectivity index (χ0) is 33.0. The quantitative estimate of drug-likeness (QED) is 0.247. The van der Waals surface area contributed by atoms with E-state index in [4.69, 9.17) is 21.0 Å². The van der Waals surface area contributed by atoms with E-state index < -0.39 is 12.3 Å². The third-order valence-corrected chi connectivity index (χ3v) is 9.53. The van der Waals surface area contributed by atoms with Crippen LogP contribution in [-0.4, -0.2) is 74.3 Å². The van der Waals surface area contributed by atoms with Crippen molar-refractivity contribution in [1.29, 1.82) is 5.26 Å². The molecule has 4 heterocycles. The molecule has 0 aliphatic carbocycles. The van der Waals surface area contributed by atoms with Gasteiger partial charge in [-0.25, -0.2) is 14.4 Å². The smallest absolute Gasteiger partial charge is 0.291 e. The number of aliphatic hydroxyl groups is 1. The molecule has 7 rings (SSSR count). The van der Waals surface area contributed by atoms with Crippen molar-refractivity contribution in [3.05, 3.63) is 87.5 Å². The lowest BCUT2D eigenvalue weighted by Gasteiger charge is -2.21. The van der Waals surface area contributed by atoms with Gasteiger partial charge in [0.1, 0.15) is 17.8 Å². The number of anilines is 1. The molecule has 2 aliphatic rings. The maximum absolute atomic E-state index is 13.9. The van der Waals surface area contributed by atoms with Gasteiger partial charge in [0.05, 0.1) is 28.1 Å². The number of likely N-dealkylation sites (tertiary alicyclic amines) is 1. The lowest BCUT2D eigenvalue weighted by molar-refractivity contribution is 0.101. The number of hydrogen-bond acceptors (Lipinski definition) is 8. The normalized spacial score (nSPS) is 18.4. The second-order valence-corrected chi connectivity index (χ2v) is 12.8. The van der Waals surface area contributed by atoms with Crippen molar-refractivity contribution in [2.24, 2.45) is 7.05 Å². The Morgan fingerprint density at radius 2 is 1.91 bits per heavy atom. The van der Waals surface area contributed by atoms with E-state index in [0.29, 0.717) is 52.2 Å². The Bertz CT molecular complexity index is 2070. The van der Waals surface area contributed by atoms with Gasteiger partial charge in [0.2, 0.25) is 5.89 Å². The molecular formula is C35H33ClFN7O3. The van der Waals surface area contributed by atoms with E-state index in [1.807, 2.05) is 66.9 Å². The summed E-state index contributed by atoms with van der Waals surface area (Å²) in [6.07, 6.45) is -1.47. The third-order valence-electron chi connectivity index (χ3n) is 9.12. The monoisotopic (exact) mass is 653 g/mol. The van der Waals surface area contributed by atoms with Gasteiger partial charge in [-0.15, -0.1) is 0 Å². The summed E-state index contributed by atoms with van der Waals surface area (Å²) in [5.41, 5.74) is 7.57. The summed E-state index contributed by atoms with van der Waals surface area (Å²) in [5.74, 6) is 0.350. The number of nitrogens with one attached hydrogen (secondary N) is 1. The number of aliphatic hydroxyl groups excluding tert-OH is 1. The summed E-state index contributed by atoms with van der Waals surface area (Å²) in [4.78, 5) is 26.8. The first-order chi connectivity index (χ1) is 22.6. The minimum Gasteiger partial charge on any atom is -0.435 e. The van der Waals surface area contributed by atoms with Crippen LogP contribution >= 0.6 is 11.6 Å². The predicted octanol–water partition coefficient (Wildman–Crippen LogP) is 5.48. The zero-order valence-corrected chi connectivity index (χ0v) is 27.0. The van der Waals surface area contributed by atoms with Crippen LogP contribution < -0.4 is 5.32 Å². The second-order valence-electron chi connectivity index (χ2n) is 12.4. The minimum atomic E-state index is -1.29. The summed E-state index contributed by atoms with van der Waals surface area (Å²) in [7, 11) is 3.90. The Morgan fingerprint density at radius 1 is 1.15 bits per heavy atom. The molecule has 0 bridgehead atoms. The number of hydrogen-bond donors (Lipinski definition) is 2. The number of nitriles is 1. The highest BCUT2D eigenvalue weighted by Crippen LogP contribution is 2.39. The minimum absolute atomic E-state index is 0.132. The molecule has 2 aliphatic heterocycles. The zero-order valence-electron chi connectivity index (χ0n) is 26.2. The molecule has 0 spiro atoms. The number of amides is 1. The maximum atomic E-state index is 13.9. The Balaban J connectivity index is 1.18. The molecule has 0 saturated carbocycles. The number of halogens is 2. The molecule has 0 radical (unpaired) electrons. The number of benzene rings is 3. The maximum Gasteiger partial charge on any atom is 0.291 e. The number of aromatic nitrogens is 3. The number of carbonyl (C=O) groups excluding carboxylic acids is 1. The summed E-state index contributed by atoms with van der Waals surface area (Å²) >= 11 is 6.95. The molecule has 2 aromatic heterocycles. The lowest BCUT2D eigenvalue weighted by atomic mass is 9.96. The van der Waals surface area contributed by atoms with Gasteiger partial charge in [0.25, 0.3) is 5.91 Å². The van der Waals surface area contributed by atoms with Crippen molar-refractivity contribution in [2.75, 3.05) is 32.0 Å². The first-order valence-electron chi connectivity index (χ1n) is 15.4. The molecule has 2 atom stereocenters. The molecule has 5 aromatic rings. The number of nitrogens with zero attached hydrogens (tertiary/aromatic N) is 6. The summed E-state index contributed by atoms with van der Waals surface area (Å²) < 4.78 is 21.9. The Labute approximate surface area is 276 Å². The van der Waals surface area contributed by atoms with Gasteiger partial charge >= 0.3 is 0 Å². The standard InChI is InChI=1S/C35H33ClFN7O3/c1-19-22(24-8-5-9-26(31(24)36)40-34(46)33-39-28-17-42(2)11-10-29(28)43(33)3)6-4-7-23(19)35-41-27-13-20(12-21(14-38)32(27)47-35)15-44-16-25(37)30(45)18-44/h4-9,12-13,25,30,45H,10-11,15-18H2,1-3H3,(H,40,46)/t25-,30-/m1/s1. The van der Waals surface area contributed by atoms with Gasteiger partial charge in [-0.3, -0.25) is 9.69 Å². The van der Waals surface area contributed by atoms with Crippen molar-refractivity contribution >= 4 is 34.3 Å². The van der Waals surface area contributed by atoms with Crippen molar-refractivity contribution in [2.45, 2.75) is 38.7 Å². The van der Waals surface area contributed by atoms with Crippen molar-refractivity contribution in [3.63, 3.8) is 0 Å². The largest absolute Gasteiger partial charge is 0.435 e. The molecule has 240 valence electrons. The van der Waals surface area contributed by atoms with Crippen LogP contribution in [0.5, 0.6) is 0 Å². The summed E-state index contributed by atoms with van der Waals surface area (Å²) in [5, 5.41) is 23.1. The first kappa shape index (κ1) is 31.0. The Morgan fingerprint density at radius 3 is 2.68 bits per heavy atom. The lowest BCUT2D eigenvalue weighted by Crippen LogP contribution is -2.27. The van der Waals surface area contributed by atoms with E-state index in [1.54, 1.807) is 12.1 Å². The van der Waals surface area contributed by atoms with E-state index in [9.17, 15) is 19.6 Å². The second kappa shape index (κ2) is 12.2. The van der Waals surface area contributed by atoms with Crippen LogP contribution in [0.2, 0.25) is 5.02 Å². The topological polar surface area (TPSA) is 123 Å². The number of β-amino-alcohol motifs (C(OH)–C–C–N with tert-alkyl or cyclic N) is 1. The van der Waals surface area contributed by atoms with Gasteiger partial charge < -0.3 is 24.3 Å². The highest BCUT2D eigenvalue weighted by atomic mass is 35.5. The fourth-order valence-corrected chi connectivity index (χ4v) is 6.90. The summed E-state index contributed by atoms with van der Waals surface area (Å²) in [6.45, 7) is 4.30. The number of likely N-dealkylation sites (N-methyl/N-ethyl adjacent to an activating group) is 1. The van der Waals surface area contributed by atoms with E-state index in [1.165, 1.54) is 0 Å².